The first-order valence-electron chi connectivity index (χ1n) is 8.22. The molecular formula is C18H24O5. The van der Waals surface area contributed by atoms with E-state index in [4.69, 9.17) is 9.47 Å². The zero-order valence-corrected chi connectivity index (χ0v) is 13.8. The minimum atomic E-state index is -0.418. The maximum Gasteiger partial charge on any atom is 0.310 e. The van der Waals surface area contributed by atoms with Crippen molar-refractivity contribution in [3.8, 4) is 11.5 Å². The fraction of sp³-hybridized carbons (Fsp3) is 0.556. The van der Waals surface area contributed by atoms with E-state index >= 15 is 0 Å². The molecule has 126 valence electrons. The number of rotatable bonds is 3. The van der Waals surface area contributed by atoms with Crippen LogP contribution in [0.1, 0.15) is 61.9 Å². The van der Waals surface area contributed by atoms with E-state index in [1.807, 2.05) is 6.92 Å². The van der Waals surface area contributed by atoms with Crippen molar-refractivity contribution in [2.75, 3.05) is 6.61 Å². The number of aromatic hydroxyl groups is 1. The number of phenolic OH excluding ortho intramolecular Hbond substituents is 1. The summed E-state index contributed by atoms with van der Waals surface area (Å²) in [6, 6.07) is 2.91. The maximum absolute atomic E-state index is 12.6. The smallest absolute Gasteiger partial charge is 0.310 e. The molecule has 2 rings (SSSR count). The summed E-state index contributed by atoms with van der Waals surface area (Å²) in [6.45, 7) is 3.96. The summed E-state index contributed by atoms with van der Waals surface area (Å²) in [5.41, 5.74) is 0.876. The summed E-state index contributed by atoms with van der Waals surface area (Å²) in [4.78, 5) is 24.4. The van der Waals surface area contributed by atoms with Gasteiger partial charge in [-0.15, -0.1) is 0 Å². The minimum Gasteiger partial charge on any atom is -0.508 e. The van der Waals surface area contributed by atoms with Gasteiger partial charge in [-0.25, -0.2) is 0 Å². The third-order valence-electron chi connectivity index (χ3n) is 3.93. The number of hydrogen-bond donors (Lipinski definition) is 1. The van der Waals surface area contributed by atoms with Gasteiger partial charge in [-0.2, -0.15) is 0 Å². The van der Waals surface area contributed by atoms with Crippen LogP contribution >= 0.6 is 0 Å². The van der Waals surface area contributed by atoms with Crippen molar-refractivity contribution < 1.29 is 24.2 Å². The van der Waals surface area contributed by atoms with Crippen LogP contribution in [0, 0.1) is 0 Å². The largest absolute Gasteiger partial charge is 0.508 e. The number of carbonyl (C=O) groups is 2. The Bertz CT molecular complexity index is 579. The molecule has 0 aromatic heterocycles. The lowest BCUT2D eigenvalue weighted by Crippen LogP contribution is -2.18. The summed E-state index contributed by atoms with van der Waals surface area (Å²) < 4.78 is 10.8. The number of fused-ring (bicyclic) bond motifs is 1. The number of ketones is 1. The first kappa shape index (κ1) is 17.3. The predicted molar refractivity (Wildman–Crippen MR) is 85.9 cm³/mol. The van der Waals surface area contributed by atoms with Gasteiger partial charge < -0.3 is 14.6 Å². The molecule has 23 heavy (non-hydrogen) atoms. The molecule has 0 saturated heterocycles. The Morgan fingerprint density at radius 2 is 2.13 bits per heavy atom. The summed E-state index contributed by atoms with van der Waals surface area (Å²) in [7, 11) is 0. The highest BCUT2D eigenvalue weighted by atomic mass is 16.5. The summed E-state index contributed by atoms with van der Waals surface area (Å²) in [6.07, 6.45) is 4.05. The number of carbonyl (C=O) groups excluding carboxylic acids is 2. The monoisotopic (exact) mass is 320 g/mol. The Morgan fingerprint density at radius 3 is 2.87 bits per heavy atom. The number of phenols is 1. The molecule has 1 atom stereocenters. The first-order valence-corrected chi connectivity index (χ1v) is 8.22. The van der Waals surface area contributed by atoms with Gasteiger partial charge >= 0.3 is 5.97 Å². The highest BCUT2D eigenvalue weighted by molar-refractivity contribution is 6.01. The van der Waals surface area contributed by atoms with Crippen LogP contribution in [0.15, 0.2) is 12.1 Å². The highest BCUT2D eigenvalue weighted by Gasteiger charge is 2.23. The van der Waals surface area contributed by atoms with Crippen molar-refractivity contribution in [3.63, 3.8) is 0 Å². The Morgan fingerprint density at radius 1 is 1.35 bits per heavy atom. The molecular weight excluding hydrogens is 296 g/mol. The van der Waals surface area contributed by atoms with E-state index in [1.54, 1.807) is 6.92 Å². The molecule has 1 heterocycles. The average Bonchev–Trinajstić information content (AvgIpc) is 2.46. The molecule has 0 radical (unpaired) electrons. The van der Waals surface area contributed by atoms with Crippen molar-refractivity contribution in [2.45, 2.75) is 58.5 Å². The van der Waals surface area contributed by atoms with Crippen molar-refractivity contribution in [1.29, 1.82) is 0 Å². The van der Waals surface area contributed by atoms with Gasteiger partial charge in [0.1, 0.15) is 11.5 Å². The molecule has 1 aliphatic heterocycles. The van der Waals surface area contributed by atoms with E-state index in [0.29, 0.717) is 23.3 Å². The lowest BCUT2D eigenvalue weighted by Gasteiger charge is -2.21. The summed E-state index contributed by atoms with van der Waals surface area (Å²) >= 11 is 0. The fourth-order valence-corrected chi connectivity index (χ4v) is 2.87. The van der Waals surface area contributed by atoms with E-state index in [0.717, 1.165) is 25.7 Å². The average molecular weight is 320 g/mol. The molecule has 0 aliphatic carbocycles. The van der Waals surface area contributed by atoms with Crippen LogP contribution in [0.2, 0.25) is 0 Å². The number of benzene rings is 1. The molecule has 1 aliphatic rings. The summed E-state index contributed by atoms with van der Waals surface area (Å²) in [5.74, 6) is -0.115. The van der Waals surface area contributed by atoms with Gasteiger partial charge in [-0.05, 0) is 44.7 Å². The third kappa shape index (κ3) is 4.71. The Hall–Kier alpha value is -2.04. The lowest BCUT2D eigenvalue weighted by molar-refractivity contribution is -0.142. The van der Waals surface area contributed by atoms with Crippen LogP contribution in [0.3, 0.4) is 0 Å². The standard InChI is InChI=1S/C18H24O5/c1-3-22-17(21)10-13-9-14(19)11-16-18(13)15(20)8-6-4-5-7-12(2)23-16/h9,11-12,19H,3-8,10H2,1-2H3. The van der Waals surface area contributed by atoms with Crippen LogP contribution in [-0.4, -0.2) is 29.6 Å². The normalized spacial score (nSPS) is 18.7. The number of Topliss-reactive ketones (excluding diaryl/α,β-unsaturated/α-hetero) is 1. The van der Waals surface area contributed by atoms with E-state index in [2.05, 4.69) is 0 Å². The zero-order chi connectivity index (χ0) is 16.8. The van der Waals surface area contributed by atoms with Gasteiger partial charge in [0.05, 0.1) is 24.7 Å². The molecule has 0 saturated carbocycles. The zero-order valence-electron chi connectivity index (χ0n) is 13.8. The quantitative estimate of drug-likeness (QED) is 0.864. The maximum atomic E-state index is 12.6. The molecule has 0 amide bonds. The molecule has 5 heteroatoms. The second-order valence-corrected chi connectivity index (χ2v) is 5.91. The van der Waals surface area contributed by atoms with Crippen LogP contribution in [0.4, 0.5) is 0 Å². The first-order chi connectivity index (χ1) is 11.0. The number of ether oxygens (including phenoxy) is 2. The van der Waals surface area contributed by atoms with Gasteiger partial charge in [-0.1, -0.05) is 6.42 Å². The van der Waals surface area contributed by atoms with E-state index in [1.165, 1.54) is 12.1 Å². The van der Waals surface area contributed by atoms with Gasteiger partial charge in [0.15, 0.2) is 5.78 Å². The minimum absolute atomic E-state index is 0.0138. The van der Waals surface area contributed by atoms with Crippen LogP contribution < -0.4 is 4.74 Å². The van der Waals surface area contributed by atoms with Gasteiger partial charge in [0, 0.05) is 12.5 Å². The topological polar surface area (TPSA) is 72.8 Å². The molecule has 1 aromatic rings. The molecule has 1 N–H and O–H groups in total. The van der Waals surface area contributed by atoms with Crippen LogP contribution in [0.5, 0.6) is 11.5 Å². The van der Waals surface area contributed by atoms with Crippen LogP contribution in [0.25, 0.3) is 0 Å². The highest BCUT2D eigenvalue weighted by Crippen LogP contribution is 2.32. The molecule has 0 fully saturated rings. The molecule has 1 unspecified atom stereocenters. The predicted octanol–water partition coefficient (Wildman–Crippen LogP) is 3.41. The van der Waals surface area contributed by atoms with Crippen molar-refractivity contribution in [2.24, 2.45) is 0 Å². The molecule has 1 aromatic carbocycles. The fourth-order valence-electron chi connectivity index (χ4n) is 2.87. The molecule has 5 nitrogen and oxygen atoms in total. The Kier molecular flexibility index (Phi) is 6.02. The van der Waals surface area contributed by atoms with E-state index in [9.17, 15) is 14.7 Å². The molecule has 0 bridgehead atoms. The van der Waals surface area contributed by atoms with E-state index < -0.39 is 5.97 Å². The van der Waals surface area contributed by atoms with Crippen molar-refractivity contribution in [3.05, 3.63) is 23.3 Å². The van der Waals surface area contributed by atoms with Gasteiger partial charge in [0.25, 0.3) is 0 Å². The SMILES string of the molecule is CCOC(=O)Cc1cc(O)cc2c1C(=O)CCCCCC(C)O2. The Balaban J connectivity index is 2.42. The van der Waals surface area contributed by atoms with Crippen molar-refractivity contribution in [1.82, 2.24) is 0 Å². The summed E-state index contributed by atoms with van der Waals surface area (Å²) in [5, 5.41) is 9.93. The second-order valence-electron chi connectivity index (χ2n) is 5.91. The Labute approximate surface area is 136 Å². The van der Waals surface area contributed by atoms with E-state index in [-0.39, 0.29) is 30.7 Å². The van der Waals surface area contributed by atoms with Gasteiger partial charge in [0.2, 0.25) is 0 Å². The van der Waals surface area contributed by atoms with Crippen molar-refractivity contribution >= 4 is 11.8 Å². The van der Waals surface area contributed by atoms with Crippen LogP contribution in [-0.2, 0) is 16.0 Å². The second kappa shape index (κ2) is 7.99. The number of esters is 1. The van der Waals surface area contributed by atoms with Gasteiger partial charge in [-0.3, -0.25) is 9.59 Å². The lowest BCUT2D eigenvalue weighted by atomic mass is 9.95. The molecule has 0 spiro atoms. The number of hydrogen-bond acceptors (Lipinski definition) is 5. The third-order valence-corrected chi connectivity index (χ3v) is 3.93.